The highest BCUT2D eigenvalue weighted by Gasteiger charge is 2.40. The number of hydrogen-bond donors (Lipinski definition) is 0. The summed E-state index contributed by atoms with van der Waals surface area (Å²) in [5, 5.41) is 2.05. The first kappa shape index (κ1) is 12.8. The molecule has 2 unspecified atom stereocenters. The summed E-state index contributed by atoms with van der Waals surface area (Å²) in [6.45, 7) is 0. The molecule has 0 aliphatic carbocycles. The van der Waals surface area contributed by atoms with Crippen molar-refractivity contribution in [2.24, 2.45) is 5.92 Å². The van der Waals surface area contributed by atoms with Gasteiger partial charge in [0.1, 0.15) is 5.78 Å². The first-order chi connectivity index (χ1) is 8.65. The predicted octanol–water partition coefficient (Wildman–Crippen LogP) is 3.50. The van der Waals surface area contributed by atoms with Gasteiger partial charge in [-0.2, -0.15) is 0 Å². The summed E-state index contributed by atoms with van der Waals surface area (Å²) >= 11 is 5.20. The zero-order valence-electron chi connectivity index (χ0n) is 10.6. The third-order valence-electron chi connectivity index (χ3n) is 4.58. The Bertz CT molecular complexity index is 444. The SMILES string of the molecule is CN1C2CCC1CC(C(=O)Cc1sccc1Br)C2. The fourth-order valence-electron chi connectivity index (χ4n) is 3.43. The number of nitrogens with zero attached hydrogens (tertiary/aromatic N) is 1. The third-order valence-corrected chi connectivity index (χ3v) is 6.51. The summed E-state index contributed by atoms with van der Waals surface area (Å²) in [4.78, 5) is 16.1. The number of halogens is 1. The second-order valence-electron chi connectivity index (χ2n) is 5.55. The highest BCUT2D eigenvalue weighted by Crippen LogP contribution is 2.38. The van der Waals surface area contributed by atoms with Crippen molar-refractivity contribution in [2.45, 2.75) is 44.2 Å². The summed E-state index contributed by atoms with van der Waals surface area (Å²) in [6.07, 6.45) is 5.34. The average molecular weight is 328 g/mol. The second kappa shape index (κ2) is 5.06. The maximum Gasteiger partial charge on any atom is 0.141 e. The zero-order valence-corrected chi connectivity index (χ0v) is 13.0. The number of fused-ring (bicyclic) bond motifs is 2. The van der Waals surface area contributed by atoms with Crippen molar-refractivity contribution in [3.8, 4) is 0 Å². The van der Waals surface area contributed by atoms with Gasteiger partial charge in [0.25, 0.3) is 0 Å². The van der Waals surface area contributed by atoms with Gasteiger partial charge in [0, 0.05) is 33.8 Å². The molecule has 98 valence electrons. The van der Waals surface area contributed by atoms with Gasteiger partial charge in [-0.15, -0.1) is 11.3 Å². The molecule has 0 radical (unpaired) electrons. The molecule has 2 fully saturated rings. The van der Waals surface area contributed by atoms with Gasteiger partial charge in [0.05, 0.1) is 0 Å². The summed E-state index contributed by atoms with van der Waals surface area (Å²) in [6, 6.07) is 3.35. The maximum atomic E-state index is 12.4. The molecule has 1 aromatic rings. The van der Waals surface area contributed by atoms with E-state index in [1.54, 1.807) is 11.3 Å². The minimum atomic E-state index is 0.299. The number of Topliss-reactive ketones (excluding diaryl/α,β-unsaturated/α-hetero) is 1. The number of carbonyl (C=O) groups excluding carboxylic acids is 1. The van der Waals surface area contributed by atoms with Crippen molar-refractivity contribution >= 4 is 33.0 Å². The molecule has 0 saturated carbocycles. The number of thiophene rings is 1. The normalized spacial score (nSPS) is 31.8. The van der Waals surface area contributed by atoms with Crippen LogP contribution in [0.2, 0.25) is 0 Å². The Labute approximate surface area is 120 Å². The van der Waals surface area contributed by atoms with E-state index in [0.717, 1.165) is 17.3 Å². The zero-order chi connectivity index (χ0) is 12.7. The monoisotopic (exact) mass is 327 g/mol. The molecule has 2 nitrogen and oxygen atoms in total. The van der Waals surface area contributed by atoms with Crippen LogP contribution in [0, 0.1) is 5.92 Å². The lowest BCUT2D eigenvalue weighted by Crippen LogP contribution is -2.42. The topological polar surface area (TPSA) is 20.3 Å². The number of piperidine rings is 1. The van der Waals surface area contributed by atoms with Crippen LogP contribution in [0.1, 0.15) is 30.6 Å². The van der Waals surface area contributed by atoms with Gasteiger partial charge >= 0.3 is 0 Å². The highest BCUT2D eigenvalue weighted by atomic mass is 79.9. The van der Waals surface area contributed by atoms with Gasteiger partial charge in [-0.3, -0.25) is 4.79 Å². The van der Waals surface area contributed by atoms with E-state index in [2.05, 4.69) is 27.9 Å². The summed E-state index contributed by atoms with van der Waals surface area (Å²) < 4.78 is 1.09. The number of rotatable bonds is 3. The molecule has 2 aliphatic rings. The molecule has 4 heteroatoms. The van der Waals surface area contributed by atoms with Crippen molar-refractivity contribution < 1.29 is 4.79 Å². The van der Waals surface area contributed by atoms with Crippen molar-refractivity contribution in [2.75, 3.05) is 7.05 Å². The predicted molar refractivity (Wildman–Crippen MR) is 78.0 cm³/mol. The van der Waals surface area contributed by atoms with Crippen LogP contribution in [0.3, 0.4) is 0 Å². The quantitative estimate of drug-likeness (QED) is 0.846. The molecule has 2 atom stereocenters. The Kier molecular flexibility index (Phi) is 3.61. The molecule has 1 aromatic heterocycles. The van der Waals surface area contributed by atoms with Crippen LogP contribution < -0.4 is 0 Å². The van der Waals surface area contributed by atoms with E-state index in [1.807, 2.05) is 11.4 Å². The van der Waals surface area contributed by atoms with Crippen LogP contribution in [0.5, 0.6) is 0 Å². The Balaban J connectivity index is 1.66. The molecule has 0 N–H and O–H groups in total. The smallest absolute Gasteiger partial charge is 0.141 e. The summed E-state index contributed by atoms with van der Waals surface area (Å²) in [5.74, 6) is 0.746. The molecule has 0 spiro atoms. The minimum Gasteiger partial charge on any atom is -0.300 e. The molecular formula is C14H18BrNOS. The van der Waals surface area contributed by atoms with Gasteiger partial charge in [0.15, 0.2) is 0 Å². The number of hydrogen-bond acceptors (Lipinski definition) is 3. The molecule has 3 heterocycles. The van der Waals surface area contributed by atoms with Gasteiger partial charge in [0.2, 0.25) is 0 Å². The second-order valence-corrected chi connectivity index (χ2v) is 7.41. The van der Waals surface area contributed by atoms with E-state index in [4.69, 9.17) is 0 Å². The maximum absolute atomic E-state index is 12.4. The van der Waals surface area contributed by atoms with Crippen molar-refractivity contribution in [1.29, 1.82) is 0 Å². The van der Waals surface area contributed by atoms with Crippen LogP contribution in [-0.4, -0.2) is 29.8 Å². The Morgan fingerprint density at radius 1 is 1.44 bits per heavy atom. The van der Waals surface area contributed by atoms with Gasteiger partial charge in [-0.05, 0) is 60.1 Å². The van der Waals surface area contributed by atoms with Crippen LogP contribution in [0.25, 0.3) is 0 Å². The lowest BCUT2D eigenvalue weighted by Gasteiger charge is -2.35. The molecule has 2 aliphatic heterocycles. The van der Waals surface area contributed by atoms with E-state index in [0.29, 0.717) is 30.2 Å². The van der Waals surface area contributed by atoms with E-state index < -0.39 is 0 Å². The molecule has 3 rings (SSSR count). The van der Waals surface area contributed by atoms with Gasteiger partial charge in [-0.1, -0.05) is 0 Å². The average Bonchev–Trinajstić information content (AvgIpc) is 2.80. The van der Waals surface area contributed by atoms with Crippen LogP contribution >= 0.6 is 27.3 Å². The van der Waals surface area contributed by atoms with Crippen molar-refractivity contribution in [3.63, 3.8) is 0 Å². The Morgan fingerprint density at radius 3 is 2.67 bits per heavy atom. The molecule has 0 aromatic carbocycles. The molecule has 0 amide bonds. The minimum absolute atomic E-state index is 0.299. The number of carbonyl (C=O) groups is 1. The van der Waals surface area contributed by atoms with Crippen LogP contribution in [0.4, 0.5) is 0 Å². The van der Waals surface area contributed by atoms with Crippen molar-refractivity contribution in [1.82, 2.24) is 4.90 Å². The first-order valence-corrected chi connectivity index (χ1v) is 8.29. The third kappa shape index (κ3) is 2.30. The molecule has 2 saturated heterocycles. The largest absolute Gasteiger partial charge is 0.300 e. The summed E-state index contributed by atoms with van der Waals surface area (Å²) in [5.41, 5.74) is 0. The lowest BCUT2D eigenvalue weighted by molar-refractivity contribution is -0.124. The molecule has 2 bridgehead atoms. The molecule has 18 heavy (non-hydrogen) atoms. The Hall–Kier alpha value is -0.190. The van der Waals surface area contributed by atoms with E-state index >= 15 is 0 Å². The highest BCUT2D eigenvalue weighted by molar-refractivity contribution is 9.10. The fourth-order valence-corrected chi connectivity index (χ4v) is 4.93. The van der Waals surface area contributed by atoms with Gasteiger partial charge in [-0.25, -0.2) is 0 Å². The number of ketones is 1. The standard InChI is InChI=1S/C14H18BrNOS/c1-16-10-2-3-11(16)7-9(6-10)13(17)8-14-12(15)4-5-18-14/h4-5,9-11H,2-3,6-8H2,1H3. The van der Waals surface area contributed by atoms with Crippen LogP contribution in [-0.2, 0) is 11.2 Å². The van der Waals surface area contributed by atoms with Crippen LogP contribution in [0.15, 0.2) is 15.9 Å². The molecular weight excluding hydrogens is 310 g/mol. The summed E-state index contributed by atoms with van der Waals surface area (Å²) in [7, 11) is 2.22. The van der Waals surface area contributed by atoms with Crippen molar-refractivity contribution in [3.05, 3.63) is 20.8 Å². The van der Waals surface area contributed by atoms with E-state index in [-0.39, 0.29) is 0 Å². The van der Waals surface area contributed by atoms with Gasteiger partial charge < -0.3 is 4.90 Å². The van der Waals surface area contributed by atoms with E-state index in [9.17, 15) is 4.79 Å². The fraction of sp³-hybridized carbons (Fsp3) is 0.643. The van der Waals surface area contributed by atoms with E-state index in [1.165, 1.54) is 17.7 Å². The first-order valence-electron chi connectivity index (χ1n) is 6.61. The Morgan fingerprint density at radius 2 is 2.11 bits per heavy atom. The lowest BCUT2D eigenvalue weighted by atomic mass is 9.86.